The van der Waals surface area contributed by atoms with Gasteiger partial charge in [-0.25, -0.2) is 4.39 Å². The lowest BCUT2D eigenvalue weighted by Gasteiger charge is -2.34. The van der Waals surface area contributed by atoms with Gasteiger partial charge < -0.3 is 19.5 Å². The first kappa shape index (κ1) is 19.6. The fraction of sp³-hybridized carbons (Fsp3) is 0.455. The van der Waals surface area contributed by atoms with Gasteiger partial charge in [-0.3, -0.25) is 0 Å². The van der Waals surface area contributed by atoms with Crippen molar-refractivity contribution in [3.63, 3.8) is 0 Å². The molecule has 4 nitrogen and oxygen atoms in total. The van der Waals surface area contributed by atoms with Crippen molar-refractivity contribution in [3.8, 4) is 11.5 Å². The second-order valence-electron chi connectivity index (χ2n) is 7.08. The summed E-state index contributed by atoms with van der Waals surface area (Å²) in [6.07, 6.45) is 2.22. The first-order valence-corrected chi connectivity index (χ1v) is 9.48. The summed E-state index contributed by atoms with van der Waals surface area (Å²) in [6, 6.07) is 12.4. The van der Waals surface area contributed by atoms with Crippen LogP contribution in [0.2, 0.25) is 0 Å². The Hall–Kier alpha value is -2.11. The quantitative estimate of drug-likeness (QED) is 0.802. The third kappa shape index (κ3) is 4.79. The highest BCUT2D eigenvalue weighted by Crippen LogP contribution is 2.39. The Bertz CT molecular complexity index is 727. The van der Waals surface area contributed by atoms with Crippen molar-refractivity contribution in [2.75, 3.05) is 33.9 Å². The second-order valence-corrected chi connectivity index (χ2v) is 7.08. The maximum absolute atomic E-state index is 13.0. The van der Waals surface area contributed by atoms with Crippen LogP contribution in [0, 0.1) is 11.7 Å². The van der Waals surface area contributed by atoms with E-state index in [1.807, 2.05) is 30.3 Å². The lowest BCUT2D eigenvalue weighted by Crippen LogP contribution is -2.36. The lowest BCUT2D eigenvalue weighted by atomic mass is 9.87. The van der Waals surface area contributed by atoms with Gasteiger partial charge in [0.2, 0.25) is 0 Å². The summed E-state index contributed by atoms with van der Waals surface area (Å²) in [5, 5.41) is 10.9. The zero-order valence-electron chi connectivity index (χ0n) is 16.0. The van der Waals surface area contributed by atoms with Gasteiger partial charge in [0.1, 0.15) is 5.82 Å². The molecule has 0 aliphatic carbocycles. The maximum Gasteiger partial charge on any atom is 0.166 e. The van der Waals surface area contributed by atoms with Gasteiger partial charge in [-0.15, -0.1) is 0 Å². The molecule has 1 aliphatic rings. The van der Waals surface area contributed by atoms with Gasteiger partial charge in [-0.2, -0.15) is 0 Å². The van der Waals surface area contributed by atoms with Crippen molar-refractivity contribution in [3.05, 3.63) is 59.4 Å². The van der Waals surface area contributed by atoms with Gasteiger partial charge in [0.15, 0.2) is 11.5 Å². The van der Waals surface area contributed by atoms with E-state index in [0.717, 1.165) is 50.0 Å². The molecule has 1 saturated heterocycles. The number of halogens is 1. The van der Waals surface area contributed by atoms with E-state index in [9.17, 15) is 9.50 Å². The van der Waals surface area contributed by atoms with Gasteiger partial charge in [0.25, 0.3) is 0 Å². The highest BCUT2D eigenvalue weighted by atomic mass is 18.2. The zero-order chi connectivity index (χ0) is 19.2. The molecule has 1 N–H and O–H groups in total. The van der Waals surface area contributed by atoms with Crippen molar-refractivity contribution in [2.24, 2.45) is 5.92 Å². The predicted molar refractivity (Wildman–Crippen MR) is 104 cm³/mol. The normalized spacial score (nSPS) is 16.9. The molecule has 0 aromatic heterocycles. The first-order valence-electron chi connectivity index (χ1n) is 9.48. The van der Waals surface area contributed by atoms with Crippen LogP contribution in [0.3, 0.4) is 0 Å². The minimum Gasteiger partial charge on any atom is -0.493 e. The molecule has 0 bridgehead atoms. The van der Waals surface area contributed by atoms with E-state index in [0.29, 0.717) is 11.5 Å². The van der Waals surface area contributed by atoms with Crippen LogP contribution in [0.25, 0.3) is 0 Å². The zero-order valence-corrected chi connectivity index (χ0v) is 16.0. The monoisotopic (exact) mass is 372 g/mol. The van der Waals surface area contributed by atoms with Crippen molar-refractivity contribution in [1.29, 1.82) is 0 Å². The van der Waals surface area contributed by atoms with E-state index in [1.165, 1.54) is 12.1 Å². The summed E-state index contributed by atoms with van der Waals surface area (Å²) in [6.45, 7) is 2.86. The van der Waals surface area contributed by atoms with E-state index in [-0.39, 0.29) is 11.7 Å². The standard InChI is InChI=1S/C22H28FNO3/c1-26-20-5-3-4-19(22(20)27-2)21(25)17-11-14-24(15-12-17)13-10-16-6-8-18(23)9-7-16/h3-9,17,21,25H,10-15H2,1-2H3/i23-1. The molecule has 27 heavy (non-hydrogen) atoms. The molecule has 1 aliphatic heterocycles. The van der Waals surface area contributed by atoms with Gasteiger partial charge in [-0.1, -0.05) is 24.3 Å². The Kier molecular flexibility index (Phi) is 6.69. The van der Waals surface area contributed by atoms with Crippen molar-refractivity contribution < 1.29 is 19.0 Å². The number of hydrogen-bond donors (Lipinski definition) is 1. The van der Waals surface area contributed by atoms with E-state index < -0.39 is 6.10 Å². The highest BCUT2D eigenvalue weighted by Gasteiger charge is 2.28. The van der Waals surface area contributed by atoms with Crippen LogP contribution >= 0.6 is 0 Å². The minimum absolute atomic E-state index is 0.193. The molecule has 3 rings (SSSR count). The van der Waals surface area contributed by atoms with Crippen LogP contribution in [-0.2, 0) is 6.42 Å². The summed E-state index contributed by atoms with van der Waals surface area (Å²) < 4.78 is 23.8. The summed E-state index contributed by atoms with van der Waals surface area (Å²) in [5.41, 5.74) is 1.95. The molecular formula is C22H28FNO3. The van der Waals surface area contributed by atoms with Crippen LogP contribution in [0.4, 0.5) is 4.39 Å². The molecule has 1 heterocycles. The van der Waals surface area contributed by atoms with Crippen molar-refractivity contribution in [2.45, 2.75) is 25.4 Å². The smallest absolute Gasteiger partial charge is 0.166 e. The van der Waals surface area contributed by atoms with Gasteiger partial charge in [0.05, 0.1) is 20.3 Å². The molecule has 146 valence electrons. The summed E-state index contributed by atoms with van der Waals surface area (Å²) in [5.74, 6) is 1.27. The molecule has 2 aromatic carbocycles. The molecule has 0 saturated carbocycles. The van der Waals surface area contributed by atoms with E-state index in [1.54, 1.807) is 14.2 Å². The molecule has 0 radical (unpaired) electrons. The molecule has 2 aromatic rings. The summed E-state index contributed by atoms with van der Waals surface area (Å²) in [7, 11) is 3.21. The van der Waals surface area contributed by atoms with Crippen LogP contribution in [0.5, 0.6) is 11.5 Å². The third-order valence-corrected chi connectivity index (χ3v) is 5.46. The fourth-order valence-electron chi connectivity index (χ4n) is 3.83. The number of nitrogens with zero attached hydrogens (tertiary/aromatic N) is 1. The van der Waals surface area contributed by atoms with Crippen LogP contribution in [0.15, 0.2) is 42.5 Å². The molecule has 0 spiro atoms. The Morgan fingerprint density at radius 3 is 2.41 bits per heavy atom. The number of hydrogen-bond acceptors (Lipinski definition) is 4. The lowest BCUT2D eigenvalue weighted by molar-refractivity contribution is 0.0573. The van der Waals surface area contributed by atoms with Crippen molar-refractivity contribution >= 4 is 0 Å². The Labute approximate surface area is 160 Å². The van der Waals surface area contributed by atoms with Crippen LogP contribution < -0.4 is 9.47 Å². The Morgan fingerprint density at radius 2 is 1.78 bits per heavy atom. The second kappa shape index (κ2) is 9.20. The first-order chi connectivity index (χ1) is 13.1. The van der Waals surface area contributed by atoms with E-state index in [2.05, 4.69) is 4.90 Å². The number of rotatable bonds is 7. The molecule has 1 unspecified atom stereocenters. The average molecular weight is 372 g/mol. The number of para-hydroxylation sites is 1. The largest absolute Gasteiger partial charge is 0.493 e. The number of benzene rings is 2. The fourth-order valence-corrected chi connectivity index (χ4v) is 3.83. The number of ether oxygens (including phenoxy) is 2. The maximum atomic E-state index is 13.0. The highest BCUT2D eigenvalue weighted by molar-refractivity contribution is 5.47. The third-order valence-electron chi connectivity index (χ3n) is 5.46. The molecule has 0 amide bonds. The number of aliphatic hydroxyl groups is 1. The number of likely N-dealkylation sites (tertiary alicyclic amines) is 1. The van der Waals surface area contributed by atoms with Gasteiger partial charge in [-0.05, 0) is 62.0 Å². The number of piperidine rings is 1. The topological polar surface area (TPSA) is 41.9 Å². The molecule has 5 heteroatoms. The number of aliphatic hydroxyl groups excluding tert-OH is 1. The molecule has 1 atom stereocenters. The van der Waals surface area contributed by atoms with E-state index >= 15 is 0 Å². The number of methoxy groups -OCH3 is 2. The molecule has 1 fully saturated rings. The molecular weight excluding hydrogens is 344 g/mol. The van der Waals surface area contributed by atoms with Gasteiger partial charge in [0, 0.05) is 12.1 Å². The Balaban J connectivity index is 1.55. The predicted octanol–water partition coefficient (Wildman–Crippen LogP) is 3.83. The van der Waals surface area contributed by atoms with Crippen LogP contribution in [-0.4, -0.2) is 43.9 Å². The summed E-state index contributed by atoms with van der Waals surface area (Å²) in [4.78, 5) is 2.41. The minimum atomic E-state index is -0.561. The SMILES string of the molecule is COc1cccc(C(O)C2CCN(CCc3ccc([18F])cc3)CC2)c1OC. The van der Waals surface area contributed by atoms with Gasteiger partial charge >= 0.3 is 0 Å². The summed E-state index contributed by atoms with van der Waals surface area (Å²) >= 11 is 0. The Morgan fingerprint density at radius 1 is 1.07 bits per heavy atom. The van der Waals surface area contributed by atoms with E-state index in [4.69, 9.17) is 9.47 Å². The van der Waals surface area contributed by atoms with Crippen LogP contribution in [0.1, 0.15) is 30.1 Å². The van der Waals surface area contributed by atoms with Crippen molar-refractivity contribution in [1.82, 2.24) is 4.90 Å². The average Bonchev–Trinajstić information content (AvgIpc) is 2.72.